The largest absolute Gasteiger partial charge is 0.478 e. The summed E-state index contributed by atoms with van der Waals surface area (Å²) in [5.74, 6) is -1.83. The second-order valence-corrected chi connectivity index (χ2v) is 19.3. The highest BCUT2D eigenvalue weighted by Crippen LogP contribution is 2.44. The average Bonchev–Trinajstić information content (AvgIpc) is 3.35. The van der Waals surface area contributed by atoms with E-state index in [1.54, 1.807) is 27.0 Å². The molecule has 0 radical (unpaired) electrons. The maximum atomic E-state index is 13.6. The van der Waals surface area contributed by atoms with E-state index in [0.29, 0.717) is 6.42 Å². The fourth-order valence-electron chi connectivity index (χ4n) is 5.74. The van der Waals surface area contributed by atoms with Crippen molar-refractivity contribution in [3.8, 4) is 11.1 Å². The molecule has 8 nitrogen and oxygen atoms in total. The Morgan fingerprint density at radius 3 is 2.00 bits per heavy atom. The first-order valence-corrected chi connectivity index (χ1v) is 19.7. The van der Waals surface area contributed by atoms with Gasteiger partial charge in [0.15, 0.2) is 8.32 Å². The Labute approximate surface area is 282 Å². The van der Waals surface area contributed by atoms with Crippen molar-refractivity contribution in [2.24, 2.45) is 11.8 Å². The lowest BCUT2D eigenvalue weighted by Crippen LogP contribution is -2.49. The van der Waals surface area contributed by atoms with Crippen LogP contribution in [0.4, 0.5) is 4.79 Å². The van der Waals surface area contributed by atoms with Gasteiger partial charge >= 0.3 is 18.0 Å². The number of benzene rings is 2. The lowest BCUT2D eigenvalue weighted by atomic mass is 9.86. The van der Waals surface area contributed by atoms with Gasteiger partial charge in [-0.05, 0) is 66.6 Å². The highest BCUT2D eigenvalue weighted by molar-refractivity contribution is 6.74. The van der Waals surface area contributed by atoms with E-state index >= 15 is 0 Å². The van der Waals surface area contributed by atoms with E-state index in [9.17, 15) is 19.5 Å². The number of likely N-dealkylation sites (N-methyl/N-ethyl adjacent to an activating group) is 1. The van der Waals surface area contributed by atoms with Gasteiger partial charge in [-0.15, -0.1) is 0 Å². The number of hydrogen-bond acceptors (Lipinski definition) is 6. The van der Waals surface area contributed by atoms with Gasteiger partial charge in [-0.25, -0.2) is 14.4 Å². The Morgan fingerprint density at radius 2 is 1.51 bits per heavy atom. The first-order valence-electron chi connectivity index (χ1n) is 16.8. The fourth-order valence-corrected chi connectivity index (χ4v) is 7.16. The molecule has 0 fully saturated rings. The number of ether oxygens (including phenoxy) is 2. The van der Waals surface area contributed by atoms with E-state index in [1.165, 1.54) is 4.90 Å². The van der Waals surface area contributed by atoms with Crippen molar-refractivity contribution < 1.29 is 33.4 Å². The van der Waals surface area contributed by atoms with Gasteiger partial charge in [-0.2, -0.15) is 0 Å². The molecule has 5 atom stereocenters. The molecule has 0 heterocycles. The van der Waals surface area contributed by atoms with Crippen LogP contribution in [0.5, 0.6) is 0 Å². The minimum atomic E-state index is -2.27. The molecule has 0 unspecified atom stereocenters. The third kappa shape index (κ3) is 8.93. The standard InChI is InChI=1S/C38H55NO7Si/c1-12-24(2)34(26(4)33(22-21-25(3)35(40)41)46-47(10,11)38(6,7)8)45-36(42)27(5)39(9)37(43)44-23-32-30-19-15-13-17-28(30)29-18-14-16-20-31(29)32/h13-21,24,26-27,32-34H,12,22-23H2,1-11H3,(H,40,41)/b25-21+/t24-,26-,27-,33-,34-/m0/s1. The van der Waals surface area contributed by atoms with Crippen molar-refractivity contribution in [1.29, 1.82) is 0 Å². The summed E-state index contributed by atoms with van der Waals surface area (Å²) in [4.78, 5) is 39.8. The van der Waals surface area contributed by atoms with Gasteiger partial charge in [-0.1, -0.05) is 103 Å². The van der Waals surface area contributed by atoms with Gasteiger partial charge < -0.3 is 19.0 Å². The average molecular weight is 666 g/mol. The smallest absolute Gasteiger partial charge is 0.410 e. The summed E-state index contributed by atoms with van der Waals surface area (Å²) in [6.45, 7) is 20.3. The molecule has 1 N–H and O–H groups in total. The van der Waals surface area contributed by atoms with Crippen LogP contribution in [0, 0.1) is 11.8 Å². The highest BCUT2D eigenvalue weighted by Gasteiger charge is 2.43. The van der Waals surface area contributed by atoms with Crippen molar-refractivity contribution in [3.63, 3.8) is 0 Å². The number of aliphatic carboxylic acids is 1. The number of amides is 1. The lowest BCUT2D eigenvalue weighted by molar-refractivity contribution is -0.162. The Morgan fingerprint density at radius 1 is 0.979 bits per heavy atom. The van der Waals surface area contributed by atoms with Crippen LogP contribution >= 0.6 is 0 Å². The van der Waals surface area contributed by atoms with Gasteiger partial charge in [0.05, 0.1) is 6.10 Å². The number of carboxylic acid groups (broad SMARTS) is 1. The maximum absolute atomic E-state index is 13.6. The van der Waals surface area contributed by atoms with Crippen LogP contribution in [0.3, 0.4) is 0 Å². The van der Waals surface area contributed by atoms with Gasteiger partial charge in [0, 0.05) is 24.5 Å². The molecule has 1 amide bonds. The normalized spacial score (nSPS) is 16.7. The summed E-state index contributed by atoms with van der Waals surface area (Å²) in [5, 5.41) is 9.41. The molecule has 0 aromatic heterocycles. The molecule has 0 saturated heterocycles. The molecule has 1 aliphatic rings. The Hall–Kier alpha value is -3.43. The van der Waals surface area contributed by atoms with E-state index in [4.69, 9.17) is 13.9 Å². The van der Waals surface area contributed by atoms with Crippen LogP contribution < -0.4 is 0 Å². The maximum Gasteiger partial charge on any atom is 0.410 e. The number of fused-ring (bicyclic) bond motifs is 3. The van der Waals surface area contributed by atoms with Crippen LogP contribution in [0.2, 0.25) is 18.1 Å². The summed E-state index contributed by atoms with van der Waals surface area (Å²) >= 11 is 0. The summed E-state index contributed by atoms with van der Waals surface area (Å²) < 4.78 is 18.9. The molecular weight excluding hydrogens is 611 g/mol. The molecule has 258 valence electrons. The highest BCUT2D eigenvalue weighted by atomic mass is 28.4. The monoisotopic (exact) mass is 665 g/mol. The third-order valence-corrected chi connectivity index (χ3v) is 14.9. The molecule has 0 spiro atoms. The third-order valence-electron chi connectivity index (χ3n) is 10.4. The predicted molar refractivity (Wildman–Crippen MR) is 189 cm³/mol. The minimum Gasteiger partial charge on any atom is -0.478 e. The van der Waals surface area contributed by atoms with Crippen LogP contribution in [-0.2, 0) is 23.5 Å². The molecule has 2 aromatic rings. The molecule has 0 saturated carbocycles. The molecule has 0 bridgehead atoms. The first kappa shape index (κ1) is 38.0. The number of nitrogens with zero attached hydrogens (tertiary/aromatic N) is 1. The van der Waals surface area contributed by atoms with Crippen LogP contribution in [0.1, 0.15) is 85.3 Å². The second kappa shape index (κ2) is 15.6. The van der Waals surface area contributed by atoms with Crippen LogP contribution in [0.25, 0.3) is 11.1 Å². The van der Waals surface area contributed by atoms with Crippen molar-refractivity contribution in [3.05, 3.63) is 71.3 Å². The number of carbonyl (C=O) groups excluding carboxylic acids is 2. The van der Waals surface area contributed by atoms with E-state index < -0.39 is 38.5 Å². The zero-order valence-corrected chi connectivity index (χ0v) is 31.1. The number of esters is 1. The van der Waals surface area contributed by atoms with E-state index in [2.05, 4.69) is 58.1 Å². The van der Waals surface area contributed by atoms with Crippen LogP contribution in [-0.4, -0.2) is 68.3 Å². The molecule has 2 aromatic carbocycles. The molecule has 3 rings (SSSR count). The molecule has 1 aliphatic carbocycles. The van der Waals surface area contributed by atoms with Gasteiger partial charge in [0.2, 0.25) is 0 Å². The summed E-state index contributed by atoms with van der Waals surface area (Å²) in [5.41, 5.74) is 4.76. The van der Waals surface area contributed by atoms with Gasteiger partial charge in [0.25, 0.3) is 0 Å². The lowest BCUT2D eigenvalue weighted by Gasteiger charge is -2.43. The van der Waals surface area contributed by atoms with Crippen molar-refractivity contribution in [2.75, 3.05) is 13.7 Å². The van der Waals surface area contributed by atoms with Gasteiger partial charge in [-0.3, -0.25) is 4.90 Å². The summed E-state index contributed by atoms with van der Waals surface area (Å²) in [6.07, 6.45) is 1.35. The Bertz CT molecular complexity index is 1400. The zero-order chi connectivity index (χ0) is 35.3. The number of rotatable bonds is 14. The van der Waals surface area contributed by atoms with Crippen molar-refractivity contribution in [2.45, 2.75) is 111 Å². The Kier molecular flexibility index (Phi) is 12.7. The van der Waals surface area contributed by atoms with E-state index in [0.717, 1.165) is 28.7 Å². The second-order valence-electron chi connectivity index (χ2n) is 14.6. The van der Waals surface area contributed by atoms with E-state index in [-0.39, 0.29) is 41.1 Å². The Balaban J connectivity index is 1.75. The number of carbonyl (C=O) groups is 3. The summed E-state index contributed by atoms with van der Waals surface area (Å²) in [7, 11) is -0.716. The quantitative estimate of drug-likeness (QED) is 0.122. The molecular formula is C38H55NO7Si. The van der Waals surface area contributed by atoms with Gasteiger partial charge in [0.1, 0.15) is 18.8 Å². The molecule has 0 aliphatic heterocycles. The number of hydrogen-bond donors (Lipinski definition) is 1. The predicted octanol–water partition coefficient (Wildman–Crippen LogP) is 8.66. The summed E-state index contributed by atoms with van der Waals surface area (Å²) in [6, 6.07) is 15.4. The first-order chi connectivity index (χ1) is 21.9. The fraction of sp³-hybridized carbons (Fsp3) is 0.553. The SMILES string of the molecule is CC[C@H](C)[C@H](OC(=O)[C@H](C)N(C)C(=O)OCC1c2ccccc2-c2ccccc21)[C@@H](C)[C@H](C/C=C(\C)C(=O)O)O[Si](C)(C)C(C)(C)C. The van der Waals surface area contributed by atoms with Crippen molar-refractivity contribution in [1.82, 2.24) is 4.90 Å². The van der Waals surface area contributed by atoms with E-state index in [1.807, 2.05) is 45.0 Å². The molecule has 9 heteroatoms. The minimum absolute atomic E-state index is 0.00373. The number of carboxylic acids is 1. The van der Waals surface area contributed by atoms with Crippen molar-refractivity contribution >= 4 is 26.3 Å². The van der Waals surface area contributed by atoms with Crippen LogP contribution in [0.15, 0.2) is 60.2 Å². The molecule has 47 heavy (non-hydrogen) atoms. The zero-order valence-electron chi connectivity index (χ0n) is 30.1. The topological polar surface area (TPSA) is 102 Å².